The molecule has 0 bridgehead atoms. The van der Waals surface area contributed by atoms with Crippen LogP contribution >= 0.6 is 11.3 Å². The van der Waals surface area contributed by atoms with Crippen molar-refractivity contribution in [2.45, 2.75) is 9.92 Å². The molecule has 1 radical (unpaired) electrons. The lowest BCUT2D eigenvalue weighted by molar-refractivity contribution is 0.0827. The van der Waals surface area contributed by atoms with Gasteiger partial charge >= 0.3 is 0 Å². The summed E-state index contributed by atoms with van der Waals surface area (Å²) in [6, 6.07) is 14.0. The maximum atomic E-state index is 13.0. The van der Waals surface area contributed by atoms with Crippen LogP contribution in [0.5, 0.6) is 0 Å². The summed E-state index contributed by atoms with van der Waals surface area (Å²) in [7, 11) is -0.590. The molecular weight excluding hydrogens is 368 g/mol. The lowest BCUT2D eigenvalue weighted by atomic mass is 10.0. The third kappa shape index (κ3) is 3.54. The molecule has 0 aliphatic carbocycles. The van der Waals surface area contributed by atoms with Gasteiger partial charge in [0.2, 0.25) is 9.84 Å². The predicted molar refractivity (Wildman–Crippen MR) is 102 cm³/mol. The molecule has 0 spiro atoms. The van der Waals surface area contributed by atoms with E-state index in [0.29, 0.717) is 16.1 Å². The fourth-order valence-electron chi connectivity index (χ4n) is 2.47. The number of aromatic nitrogens is 1. The lowest BCUT2D eigenvalue weighted by Gasteiger charge is -2.13. The third-order valence-corrected chi connectivity index (χ3v) is 6.25. The maximum absolute atomic E-state index is 13.0. The maximum Gasteiger partial charge on any atom is 0.253 e. The minimum Gasteiger partial charge on any atom is -0.345 e. The molecule has 0 N–H and O–H groups in total. The van der Waals surface area contributed by atoms with Crippen LogP contribution in [0.1, 0.15) is 15.4 Å². The van der Waals surface area contributed by atoms with Crippen molar-refractivity contribution in [1.29, 1.82) is 0 Å². The van der Waals surface area contributed by atoms with E-state index in [1.165, 1.54) is 27.7 Å². The van der Waals surface area contributed by atoms with E-state index < -0.39 is 9.84 Å². The molecular formula is C19H17N2O3S2. The van der Waals surface area contributed by atoms with E-state index in [9.17, 15) is 13.2 Å². The second-order valence-electron chi connectivity index (χ2n) is 5.89. The van der Waals surface area contributed by atoms with Crippen LogP contribution in [0, 0.1) is 6.92 Å². The van der Waals surface area contributed by atoms with E-state index in [4.69, 9.17) is 0 Å². The first-order chi connectivity index (χ1) is 12.3. The van der Waals surface area contributed by atoms with Crippen molar-refractivity contribution in [3.63, 3.8) is 0 Å². The number of hydrogen-bond acceptors (Lipinski definition) is 5. The van der Waals surface area contributed by atoms with Crippen molar-refractivity contribution in [2.75, 3.05) is 14.1 Å². The summed E-state index contributed by atoms with van der Waals surface area (Å²) < 4.78 is 25.9. The molecule has 0 atom stereocenters. The van der Waals surface area contributed by atoms with Gasteiger partial charge in [-0.05, 0) is 29.3 Å². The SMILES string of the molecule is [CH2]c1nc(S(=O)(=O)c2cc(C(=O)N(C)C)cc(-c3ccccc3)c2)cs1. The highest BCUT2D eigenvalue weighted by Crippen LogP contribution is 2.29. The Labute approximate surface area is 156 Å². The largest absolute Gasteiger partial charge is 0.345 e. The fourth-order valence-corrected chi connectivity index (χ4v) is 4.66. The zero-order chi connectivity index (χ0) is 18.9. The van der Waals surface area contributed by atoms with Gasteiger partial charge in [-0.15, -0.1) is 11.3 Å². The summed E-state index contributed by atoms with van der Waals surface area (Å²) >= 11 is 1.17. The third-order valence-electron chi connectivity index (χ3n) is 3.78. The second kappa shape index (κ2) is 7.01. The number of hydrogen-bond donors (Lipinski definition) is 0. The molecule has 1 aromatic heterocycles. The first-order valence-corrected chi connectivity index (χ1v) is 10.1. The van der Waals surface area contributed by atoms with Gasteiger partial charge in [0.05, 0.1) is 9.90 Å². The minimum atomic E-state index is -3.84. The zero-order valence-corrected chi connectivity index (χ0v) is 16.0. The fraction of sp³-hybridized carbons (Fsp3) is 0.105. The van der Waals surface area contributed by atoms with Crippen molar-refractivity contribution >= 4 is 27.1 Å². The molecule has 0 aliphatic heterocycles. The van der Waals surface area contributed by atoms with Crippen LogP contribution in [0.2, 0.25) is 0 Å². The smallest absolute Gasteiger partial charge is 0.253 e. The molecule has 0 saturated heterocycles. The van der Waals surface area contributed by atoms with Gasteiger partial charge in [0.1, 0.15) is 0 Å². The minimum absolute atomic E-state index is 0.0364. The highest BCUT2D eigenvalue weighted by Gasteiger charge is 2.23. The van der Waals surface area contributed by atoms with E-state index in [0.717, 1.165) is 5.56 Å². The lowest BCUT2D eigenvalue weighted by Crippen LogP contribution is -2.22. The van der Waals surface area contributed by atoms with Crippen molar-refractivity contribution in [3.8, 4) is 11.1 Å². The van der Waals surface area contributed by atoms with Gasteiger partial charge in [-0.2, -0.15) is 0 Å². The zero-order valence-electron chi connectivity index (χ0n) is 14.3. The average molecular weight is 385 g/mol. The number of thiazole rings is 1. The van der Waals surface area contributed by atoms with Crippen molar-refractivity contribution < 1.29 is 13.2 Å². The summed E-state index contributed by atoms with van der Waals surface area (Å²) in [6.07, 6.45) is 0. The van der Waals surface area contributed by atoms with Gasteiger partial charge in [-0.25, -0.2) is 13.4 Å². The van der Waals surface area contributed by atoms with Gasteiger partial charge in [0.15, 0.2) is 5.03 Å². The number of carbonyl (C=O) groups excluding carboxylic acids is 1. The molecule has 7 heteroatoms. The number of sulfone groups is 1. The van der Waals surface area contributed by atoms with Gasteiger partial charge in [-0.1, -0.05) is 30.3 Å². The first kappa shape index (κ1) is 18.3. The molecule has 0 aliphatic rings. The van der Waals surface area contributed by atoms with E-state index in [-0.39, 0.29) is 15.8 Å². The molecule has 0 saturated carbocycles. The molecule has 3 rings (SSSR count). The van der Waals surface area contributed by atoms with Crippen LogP contribution in [-0.4, -0.2) is 38.3 Å². The Morgan fingerprint density at radius 3 is 2.35 bits per heavy atom. The Bertz CT molecular complexity index is 1060. The van der Waals surface area contributed by atoms with E-state index in [2.05, 4.69) is 11.9 Å². The molecule has 3 aromatic rings. The van der Waals surface area contributed by atoms with Crippen LogP contribution in [0.4, 0.5) is 0 Å². The van der Waals surface area contributed by atoms with Gasteiger partial charge in [0, 0.05) is 32.0 Å². The first-order valence-electron chi connectivity index (χ1n) is 7.74. The summed E-state index contributed by atoms with van der Waals surface area (Å²) in [4.78, 5) is 17.9. The van der Waals surface area contributed by atoms with Crippen LogP contribution < -0.4 is 0 Å². The van der Waals surface area contributed by atoms with Crippen LogP contribution in [0.3, 0.4) is 0 Å². The van der Waals surface area contributed by atoms with E-state index in [1.807, 2.05) is 30.3 Å². The Hall–Kier alpha value is -2.51. The van der Waals surface area contributed by atoms with Crippen molar-refractivity contribution in [1.82, 2.24) is 9.88 Å². The molecule has 26 heavy (non-hydrogen) atoms. The van der Waals surface area contributed by atoms with E-state index >= 15 is 0 Å². The normalized spacial score (nSPS) is 11.3. The quantitative estimate of drug-likeness (QED) is 0.689. The molecule has 1 heterocycles. The van der Waals surface area contributed by atoms with Crippen LogP contribution in [0.25, 0.3) is 11.1 Å². The Morgan fingerprint density at radius 2 is 1.77 bits per heavy atom. The van der Waals surface area contributed by atoms with Gasteiger partial charge < -0.3 is 4.90 Å². The Balaban J connectivity index is 2.22. The average Bonchev–Trinajstić information content (AvgIpc) is 3.08. The molecule has 1 amide bonds. The molecule has 5 nitrogen and oxygen atoms in total. The van der Waals surface area contributed by atoms with Gasteiger partial charge in [0.25, 0.3) is 5.91 Å². The summed E-state index contributed by atoms with van der Waals surface area (Å²) in [5, 5.41) is 1.83. The summed E-state index contributed by atoms with van der Waals surface area (Å²) in [6.45, 7) is 3.66. The highest BCUT2D eigenvalue weighted by molar-refractivity contribution is 7.91. The number of nitrogens with zero attached hydrogens (tertiary/aromatic N) is 2. The van der Waals surface area contributed by atoms with Crippen LogP contribution in [-0.2, 0) is 9.84 Å². The van der Waals surface area contributed by atoms with E-state index in [1.54, 1.807) is 26.2 Å². The number of amides is 1. The highest BCUT2D eigenvalue weighted by atomic mass is 32.2. The number of rotatable bonds is 4. The van der Waals surface area contributed by atoms with Gasteiger partial charge in [-0.3, -0.25) is 4.79 Å². The predicted octanol–water partition coefficient (Wildman–Crippen LogP) is 3.53. The Kier molecular flexibility index (Phi) is 4.93. The van der Waals surface area contributed by atoms with Crippen LogP contribution in [0.15, 0.2) is 63.8 Å². The molecule has 133 valence electrons. The monoisotopic (exact) mass is 385 g/mol. The topological polar surface area (TPSA) is 67.3 Å². The molecule has 0 unspecified atom stereocenters. The number of benzene rings is 2. The molecule has 0 fully saturated rings. The number of carbonyl (C=O) groups is 1. The summed E-state index contributed by atoms with van der Waals surface area (Å²) in [5.41, 5.74) is 1.79. The van der Waals surface area contributed by atoms with Crippen molar-refractivity contribution in [3.05, 3.63) is 71.4 Å². The standard InChI is InChI=1S/C19H17N2O3S2/c1-13-20-18(12-25-13)26(23,24)17-10-15(14-7-5-4-6-8-14)9-16(11-17)19(22)21(2)3/h4-12H,1H2,2-3H3. The summed E-state index contributed by atoms with van der Waals surface area (Å²) in [5.74, 6) is -0.268. The molecule has 2 aromatic carbocycles. The second-order valence-corrected chi connectivity index (χ2v) is 8.73. The Morgan fingerprint density at radius 1 is 1.08 bits per heavy atom. The van der Waals surface area contributed by atoms with Crippen molar-refractivity contribution in [2.24, 2.45) is 0 Å².